The van der Waals surface area contributed by atoms with E-state index in [1.165, 1.54) is 32.1 Å². The van der Waals surface area contributed by atoms with E-state index in [9.17, 15) is 9.90 Å². The first-order chi connectivity index (χ1) is 11.2. The molecule has 1 aromatic carbocycles. The van der Waals surface area contributed by atoms with E-state index < -0.39 is 6.10 Å². The molecule has 0 aromatic heterocycles. The van der Waals surface area contributed by atoms with Gasteiger partial charge in [-0.2, -0.15) is 0 Å². The van der Waals surface area contributed by atoms with Gasteiger partial charge in [0.2, 0.25) is 0 Å². The lowest BCUT2D eigenvalue weighted by molar-refractivity contribution is -0.134. The molecule has 2 N–H and O–H groups in total. The van der Waals surface area contributed by atoms with Crippen molar-refractivity contribution in [3.05, 3.63) is 29.8 Å². The zero-order valence-corrected chi connectivity index (χ0v) is 14.5. The molecule has 0 saturated heterocycles. The van der Waals surface area contributed by atoms with E-state index in [1.807, 2.05) is 0 Å². The summed E-state index contributed by atoms with van der Waals surface area (Å²) in [6, 6.07) is 7.05. The molecule has 0 heterocycles. The molecule has 0 amide bonds. The third-order valence-electron chi connectivity index (χ3n) is 3.88. The monoisotopic (exact) mass is 321 g/mol. The molecule has 0 radical (unpaired) electrons. The van der Waals surface area contributed by atoms with Gasteiger partial charge in [0.25, 0.3) is 0 Å². The molecule has 0 aliphatic carbocycles. The highest BCUT2D eigenvalue weighted by Crippen LogP contribution is 2.18. The van der Waals surface area contributed by atoms with Gasteiger partial charge in [-0.25, -0.2) is 0 Å². The number of benzene rings is 1. The minimum absolute atomic E-state index is 0.179. The molecular formula is C19H31NO3. The number of unbranched alkanes of at least 4 members (excludes halogenated alkanes) is 6. The van der Waals surface area contributed by atoms with Crippen LogP contribution in [0.1, 0.15) is 70.0 Å². The van der Waals surface area contributed by atoms with Gasteiger partial charge in [0.1, 0.15) is 5.75 Å². The van der Waals surface area contributed by atoms with Gasteiger partial charge in [-0.3, -0.25) is 4.79 Å². The van der Waals surface area contributed by atoms with E-state index in [1.54, 1.807) is 31.3 Å². The van der Waals surface area contributed by atoms with Gasteiger partial charge >= 0.3 is 5.97 Å². The summed E-state index contributed by atoms with van der Waals surface area (Å²) < 4.78 is 5.32. The summed E-state index contributed by atoms with van der Waals surface area (Å²) in [5, 5.41) is 12.8. The molecule has 130 valence electrons. The lowest BCUT2D eigenvalue weighted by Crippen LogP contribution is -2.16. The summed E-state index contributed by atoms with van der Waals surface area (Å²) in [4.78, 5) is 11.8. The number of aliphatic hydroxyl groups is 1. The number of hydrogen-bond donors (Lipinski definition) is 2. The molecule has 1 unspecified atom stereocenters. The first kappa shape index (κ1) is 19.7. The SMILES string of the molecule is CCCCCCCCCC(=O)Oc1ccc(C(O)CNC)cc1. The highest BCUT2D eigenvalue weighted by molar-refractivity contribution is 5.72. The number of aliphatic hydroxyl groups excluding tert-OH is 1. The van der Waals surface area contributed by atoms with E-state index in [0.717, 1.165) is 18.4 Å². The molecule has 23 heavy (non-hydrogen) atoms. The average Bonchev–Trinajstić information content (AvgIpc) is 2.55. The molecule has 4 nitrogen and oxygen atoms in total. The summed E-state index contributed by atoms with van der Waals surface area (Å²) in [7, 11) is 1.79. The number of hydrogen-bond acceptors (Lipinski definition) is 4. The van der Waals surface area contributed by atoms with E-state index in [-0.39, 0.29) is 5.97 Å². The Labute approximate surface area is 140 Å². The third-order valence-corrected chi connectivity index (χ3v) is 3.88. The maximum atomic E-state index is 11.8. The second-order valence-electron chi connectivity index (χ2n) is 5.99. The molecule has 0 spiro atoms. The molecule has 0 bridgehead atoms. The molecule has 0 saturated carbocycles. The topological polar surface area (TPSA) is 58.6 Å². The second-order valence-corrected chi connectivity index (χ2v) is 5.99. The van der Waals surface area contributed by atoms with Crippen LogP contribution in [0.4, 0.5) is 0 Å². The van der Waals surface area contributed by atoms with Crippen LogP contribution in [0.15, 0.2) is 24.3 Å². The van der Waals surface area contributed by atoms with Crippen molar-refractivity contribution in [1.29, 1.82) is 0 Å². The van der Waals surface area contributed by atoms with Crippen LogP contribution in [0.2, 0.25) is 0 Å². The Hall–Kier alpha value is -1.39. The zero-order chi connectivity index (χ0) is 16.9. The van der Waals surface area contributed by atoms with Crippen LogP contribution < -0.4 is 10.1 Å². The highest BCUT2D eigenvalue weighted by Gasteiger charge is 2.08. The molecule has 0 aliphatic rings. The van der Waals surface area contributed by atoms with Crippen LogP contribution in [0.3, 0.4) is 0 Å². The predicted octanol–water partition coefficient (Wildman–Crippen LogP) is 3.99. The lowest BCUT2D eigenvalue weighted by Gasteiger charge is -2.11. The van der Waals surface area contributed by atoms with Crippen LogP contribution in [-0.4, -0.2) is 24.7 Å². The van der Waals surface area contributed by atoms with Crippen molar-refractivity contribution >= 4 is 5.97 Å². The lowest BCUT2D eigenvalue weighted by atomic mass is 10.1. The van der Waals surface area contributed by atoms with Crippen molar-refractivity contribution in [2.75, 3.05) is 13.6 Å². The van der Waals surface area contributed by atoms with Crippen LogP contribution in [0, 0.1) is 0 Å². The van der Waals surface area contributed by atoms with E-state index in [2.05, 4.69) is 12.2 Å². The predicted molar refractivity (Wildman–Crippen MR) is 93.6 cm³/mol. The number of likely N-dealkylation sites (N-methyl/N-ethyl adjacent to an activating group) is 1. The molecule has 1 atom stereocenters. The number of ether oxygens (including phenoxy) is 1. The average molecular weight is 321 g/mol. The first-order valence-corrected chi connectivity index (χ1v) is 8.80. The van der Waals surface area contributed by atoms with E-state index in [0.29, 0.717) is 18.7 Å². The van der Waals surface area contributed by atoms with Crippen LogP contribution in [0.5, 0.6) is 5.75 Å². The third kappa shape index (κ3) is 8.72. The van der Waals surface area contributed by atoms with Crippen molar-refractivity contribution in [3.63, 3.8) is 0 Å². The molecule has 4 heteroatoms. The van der Waals surface area contributed by atoms with Gasteiger partial charge in [0, 0.05) is 13.0 Å². The van der Waals surface area contributed by atoms with Gasteiger partial charge in [0.15, 0.2) is 0 Å². The Kier molecular flexibility index (Phi) is 10.3. The van der Waals surface area contributed by atoms with Crippen molar-refractivity contribution < 1.29 is 14.6 Å². The Bertz CT molecular complexity index is 431. The summed E-state index contributed by atoms with van der Waals surface area (Å²) in [6.45, 7) is 2.71. The summed E-state index contributed by atoms with van der Waals surface area (Å²) in [5.74, 6) is 0.362. The number of rotatable bonds is 12. The standard InChI is InChI=1S/C19H31NO3/c1-3-4-5-6-7-8-9-10-19(22)23-17-13-11-16(12-14-17)18(21)15-20-2/h11-14,18,20-21H,3-10,15H2,1-2H3. The van der Waals surface area contributed by atoms with Gasteiger partial charge in [-0.1, -0.05) is 57.6 Å². The van der Waals surface area contributed by atoms with Gasteiger partial charge in [0.05, 0.1) is 6.10 Å². The molecule has 1 rings (SSSR count). The second kappa shape index (κ2) is 12.1. The van der Waals surface area contributed by atoms with Crippen LogP contribution >= 0.6 is 0 Å². The number of nitrogens with one attached hydrogen (secondary N) is 1. The largest absolute Gasteiger partial charge is 0.427 e. The fourth-order valence-corrected chi connectivity index (χ4v) is 2.48. The van der Waals surface area contributed by atoms with Crippen LogP contribution in [-0.2, 0) is 4.79 Å². The molecular weight excluding hydrogens is 290 g/mol. The van der Waals surface area contributed by atoms with Crippen LogP contribution in [0.25, 0.3) is 0 Å². The fraction of sp³-hybridized carbons (Fsp3) is 0.632. The number of carbonyl (C=O) groups is 1. The van der Waals surface area contributed by atoms with Crippen molar-refractivity contribution in [2.24, 2.45) is 0 Å². The van der Waals surface area contributed by atoms with Gasteiger partial charge in [-0.15, -0.1) is 0 Å². The summed E-state index contributed by atoms with van der Waals surface area (Å²) in [6.07, 6.45) is 8.24. The van der Waals surface area contributed by atoms with E-state index >= 15 is 0 Å². The fourth-order valence-electron chi connectivity index (χ4n) is 2.48. The number of esters is 1. The highest BCUT2D eigenvalue weighted by atomic mass is 16.5. The molecule has 0 aliphatic heterocycles. The Morgan fingerprint density at radius 1 is 1.09 bits per heavy atom. The minimum atomic E-state index is -0.544. The Morgan fingerprint density at radius 2 is 1.70 bits per heavy atom. The minimum Gasteiger partial charge on any atom is -0.427 e. The smallest absolute Gasteiger partial charge is 0.311 e. The zero-order valence-electron chi connectivity index (χ0n) is 14.5. The maximum Gasteiger partial charge on any atom is 0.311 e. The number of carbonyl (C=O) groups excluding carboxylic acids is 1. The summed E-state index contributed by atoms with van der Waals surface area (Å²) in [5.41, 5.74) is 0.811. The summed E-state index contributed by atoms with van der Waals surface area (Å²) >= 11 is 0. The van der Waals surface area contributed by atoms with Crippen molar-refractivity contribution in [2.45, 2.75) is 64.4 Å². The first-order valence-electron chi connectivity index (χ1n) is 8.80. The molecule has 0 fully saturated rings. The Morgan fingerprint density at radius 3 is 2.30 bits per heavy atom. The van der Waals surface area contributed by atoms with Gasteiger partial charge in [-0.05, 0) is 31.2 Å². The molecule has 1 aromatic rings. The normalized spacial score (nSPS) is 12.1. The maximum absolute atomic E-state index is 11.8. The van der Waals surface area contributed by atoms with Gasteiger partial charge < -0.3 is 15.2 Å². The quantitative estimate of drug-likeness (QED) is 0.347. The Balaban J connectivity index is 2.21. The van der Waals surface area contributed by atoms with Crippen molar-refractivity contribution in [1.82, 2.24) is 5.32 Å². The van der Waals surface area contributed by atoms with Crippen molar-refractivity contribution in [3.8, 4) is 5.75 Å². The van der Waals surface area contributed by atoms with E-state index in [4.69, 9.17) is 4.74 Å².